The fourth-order valence-electron chi connectivity index (χ4n) is 3.39. The van der Waals surface area contributed by atoms with E-state index in [2.05, 4.69) is 45.4 Å². The molecule has 0 radical (unpaired) electrons. The predicted molar refractivity (Wildman–Crippen MR) is 142 cm³/mol. The quantitative estimate of drug-likeness (QED) is 0.313. The van der Waals surface area contributed by atoms with Gasteiger partial charge >= 0.3 is 0 Å². The van der Waals surface area contributed by atoms with Crippen LogP contribution in [-0.2, 0) is 15.4 Å². The van der Waals surface area contributed by atoms with E-state index < -0.39 is 10.0 Å². The fourth-order valence-corrected chi connectivity index (χ4v) is 4.55. The van der Waals surface area contributed by atoms with Gasteiger partial charge in [0.1, 0.15) is 11.5 Å². The molecule has 0 atom stereocenters. The molecule has 0 aliphatic carbocycles. The first-order valence-corrected chi connectivity index (χ1v) is 13.1. The molecule has 9 nitrogen and oxygen atoms in total. The lowest BCUT2D eigenvalue weighted by molar-refractivity contribution is 0.408. The Balaban J connectivity index is 1.80. The van der Waals surface area contributed by atoms with Crippen molar-refractivity contribution in [1.82, 2.24) is 19.9 Å². The van der Waals surface area contributed by atoms with Crippen LogP contribution in [0.1, 0.15) is 32.0 Å². The van der Waals surface area contributed by atoms with Gasteiger partial charge in [0.2, 0.25) is 0 Å². The molecule has 0 aliphatic heterocycles. The topological polar surface area (TPSA) is 116 Å². The number of aromatic nitrogens is 4. The third kappa shape index (κ3) is 5.98. The normalized spacial score (nSPS) is 11.7. The molecular weight excluding hydrogens is 514 g/mol. The minimum atomic E-state index is -4.05. The zero-order chi connectivity index (χ0) is 26.8. The standard InChI is InChI=1S/C26H26ClN5O4S/c1-16-22(36-21-15-18(35-5)9-12-20(21)27)23(31-25(30-16)24-28-13-6-14-29-24)32-37(33,34)19-10-7-17(8-11-19)26(2,3)4/h6-15H,1-5H3,(H,30,31,32). The number of nitrogens with zero attached hydrogens (tertiary/aromatic N) is 4. The molecule has 0 aliphatic rings. The first-order chi connectivity index (χ1) is 17.5. The van der Waals surface area contributed by atoms with Crippen LogP contribution in [0.2, 0.25) is 5.02 Å². The first kappa shape index (κ1) is 26.3. The average Bonchev–Trinajstić information content (AvgIpc) is 2.87. The lowest BCUT2D eigenvalue weighted by Crippen LogP contribution is -2.17. The molecule has 0 saturated heterocycles. The Bertz CT molecular complexity index is 1520. The predicted octanol–water partition coefficient (Wildman–Crippen LogP) is 5.79. The van der Waals surface area contributed by atoms with Crippen molar-refractivity contribution in [3.05, 3.63) is 77.2 Å². The highest BCUT2D eigenvalue weighted by molar-refractivity contribution is 7.92. The Morgan fingerprint density at radius 1 is 0.946 bits per heavy atom. The molecule has 2 aromatic heterocycles. The van der Waals surface area contributed by atoms with Crippen LogP contribution in [0.3, 0.4) is 0 Å². The summed E-state index contributed by atoms with van der Waals surface area (Å²) in [5.41, 5.74) is 1.22. The van der Waals surface area contributed by atoms with Crippen LogP contribution in [0.4, 0.5) is 5.82 Å². The molecule has 2 aromatic carbocycles. The molecule has 1 N–H and O–H groups in total. The Hall–Kier alpha value is -3.76. The van der Waals surface area contributed by atoms with Crippen LogP contribution < -0.4 is 14.2 Å². The summed E-state index contributed by atoms with van der Waals surface area (Å²) in [4.78, 5) is 17.3. The maximum atomic E-state index is 13.4. The summed E-state index contributed by atoms with van der Waals surface area (Å²) in [7, 11) is -2.53. The summed E-state index contributed by atoms with van der Waals surface area (Å²) < 4.78 is 40.6. The van der Waals surface area contributed by atoms with Crippen molar-refractivity contribution in [2.45, 2.75) is 38.0 Å². The molecule has 0 saturated carbocycles. The van der Waals surface area contributed by atoms with Crippen LogP contribution in [0, 0.1) is 6.92 Å². The average molecular weight is 540 g/mol. The zero-order valence-corrected chi connectivity index (χ0v) is 22.6. The first-order valence-electron chi connectivity index (χ1n) is 11.3. The summed E-state index contributed by atoms with van der Waals surface area (Å²) in [5.74, 6) is 1.09. The van der Waals surface area contributed by atoms with Crippen LogP contribution in [0.5, 0.6) is 17.2 Å². The van der Waals surface area contributed by atoms with Gasteiger partial charge in [0.25, 0.3) is 10.0 Å². The summed E-state index contributed by atoms with van der Waals surface area (Å²) in [6.07, 6.45) is 3.09. The van der Waals surface area contributed by atoms with E-state index in [0.717, 1.165) is 5.56 Å². The molecule has 0 unspecified atom stereocenters. The Morgan fingerprint density at radius 2 is 1.62 bits per heavy atom. The zero-order valence-electron chi connectivity index (χ0n) is 21.0. The number of halogens is 1. The molecule has 4 rings (SSSR count). The monoisotopic (exact) mass is 539 g/mol. The molecule has 192 valence electrons. The number of hydrogen-bond acceptors (Lipinski definition) is 8. The highest BCUT2D eigenvalue weighted by Gasteiger charge is 2.24. The third-order valence-corrected chi connectivity index (χ3v) is 7.08. The van der Waals surface area contributed by atoms with Crippen LogP contribution >= 0.6 is 11.6 Å². The minimum absolute atomic E-state index is 0.0691. The lowest BCUT2D eigenvalue weighted by atomic mass is 9.87. The molecule has 37 heavy (non-hydrogen) atoms. The van der Waals surface area contributed by atoms with Gasteiger partial charge in [-0.3, -0.25) is 4.72 Å². The van der Waals surface area contributed by atoms with Gasteiger partial charge < -0.3 is 9.47 Å². The third-order valence-electron chi connectivity index (χ3n) is 5.41. The van der Waals surface area contributed by atoms with Gasteiger partial charge in [-0.1, -0.05) is 44.5 Å². The maximum absolute atomic E-state index is 13.4. The van der Waals surface area contributed by atoms with Gasteiger partial charge in [0.05, 0.1) is 22.7 Å². The second-order valence-corrected chi connectivity index (χ2v) is 11.3. The van der Waals surface area contributed by atoms with Gasteiger partial charge in [-0.15, -0.1) is 0 Å². The molecule has 4 aromatic rings. The smallest absolute Gasteiger partial charge is 0.263 e. The summed E-state index contributed by atoms with van der Waals surface area (Å²) >= 11 is 6.34. The minimum Gasteiger partial charge on any atom is -0.497 e. The van der Waals surface area contributed by atoms with E-state index in [9.17, 15) is 8.42 Å². The molecular formula is C26H26ClN5O4S. The van der Waals surface area contributed by atoms with Crippen molar-refractivity contribution >= 4 is 27.4 Å². The van der Waals surface area contributed by atoms with Gasteiger partial charge in [-0.25, -0.2) is 28.4 Å². The Morgan fingerprint density at radius 3 is 2.24 bits per heavy atom. The van der Waals surface area contributed by atoms with E-state index in [0.29, 0.717) is 16.5 Å². The van der Waals surface area contributed by atoms with Crippen LogP contribution in [0.25, 0.3) is 11.6 Å². The van der Waals surface area contributed by atoms with Crippen molar-refractivity contribution in [3.8, 4) is 28.9 Å². The largest absolute Gasteiger partial charge is 0.497 e. The van der Waals surface area contributed by atoms with E-state index in [1.165, 1.54) is 7.11 Å². The number of aryl methyl sites for hydroxylation is 1. The fraction of sp³-hybridized carbons (Fsp3) is 0.231. The molecule has 2 heterocycles. The number of ether oxygens (including phenoxy) is 2. The van der Waals surface area contributed by atoms with Crippen molar-refractivity contribution in [2.24, 2.45) is 0 Å². The Labute approximate surface area is 221 Å². The SMILES string of the molecule is COc1ccc(Cl)c(Oc2c(C)nc(-c3ncccn3)nc2NS(=O)(=O)c2ccc(C(C)(C)C)cc2)c1. The highest BCUT2D eigenvalue weighted by Crippen LogP contribution is 2.38. The second-order valence-electron chi connectivity index (χ2n) is 9.16. The number of sulfonamides is 1. The number of methoxy groups -OCH3 is 1. The number of hydrogen-bond donors (Lipinski definition) is 1. The summed E-state index contributed by atoms with van der Waals surface area (Å²) in [6.45, 7) is 7.82. The van der Waals surface area contributed by atoms with E-state index >= 15 is 0 Å². The van der Waals surface area contributed by atoms with Gasteiger partial charge in [0, 0.05) is 18.5 Å². The van der Waals surface area contributed by atoms with Crippen molar-refractivity contribution in [1.29, 1.82) is 0 Å². The van der Waals surface area contributed by atoms with Gasteiger partial charge in [-0.2, -0.15) is 0 Å². The number of anilines is 1. The van der Waals surface area contributed by atoms with E-state index in [4.69, 9.17) is 21.1 Å². The second kappa shape index (κ2) is 10.3. The molecule has 0 bridgehead atoms. The van der Waals surface area contributed by atoms with E-state index in [1.54, 1.807) is 67.8 Å². The van der Waals surface area contributed by atoms with Crippen molar-refractivity contribution in [2.75, 3.05) is 11.8 Å². The lowest BCUT2D eigenvalue weighted by Gasteiger charge is -2.19. The summed E-state index contributed by atoms with van der Waals surface area (Å²) in [6, 6.07) is 13.2. The van der Waals surface area contributed by atoms with Crippen molar-refractivity contribution in [3.63, 3.8) is 0 Å². The highest BCUT2D eigenvalue weighted by atomic mass is 35.5. The van der Waals surface area contributed by atoms with Crippen LogP contribution in [-0.4, -0.2) is 35.5 Å². The van der Waals surface area contributed by atoms with Crippen molar-refractivity contribution < 1.29 is 17.9 Å². The van der Waals surface area contributed by atoms with E-state index in [-0.39, 0.29) is 39.3 Å². The molecule has 11 heteroatoms. The molecule has 0 spiro atoms. The number of benzene rings is 2. The maximum Gasteiger partial charge on any atom is 0.263 e. The van der Waals surface area contributed by atoms with Gasteiger partial charge in [0.15, 0.2) is 23.2 Å². The van der Waals surface area contributed by atoms with E-state index in [1.807, 2.05) is 0 Å². The molecule has 0 fully saturated rings. The summed E-state index contributed by atoms with van der Waals surface area (Å²) in [5, 5.41) is 0.294. The van der Waals surface area contributed by atoms with Gasteiger partial charge in [-0.05, 0) is 48.2 Å². The van der Waals surface area contributed by atoms with Crippen LogP contribution in [0.15, 0.2) is 65.8 Å². The Kier molecular flexibility index (Phi) is 7.33. The molecule has 0 amide bonds. The number of nitrogens with one attached hydrogen (secondary N) is 1. The number of rotatable bonds is 7.